The summed E-state index contributed by atoms with van der Waals surface area (Å²) in [6.07, 6.45) is 0.0554. The second kappa shape index (κ2) is 6.22. The van der Waals surface area contributed by atoms with Gasteiger partial charge in [-0.25, -0.2) is 4.68 Å². The summed E-state index contributed by atoms with van der Waals surface area (Å²) in [5.41, 5.74) is 0.913. The molecule has 0 unspecified atom stereocenters. The standard InChI is InChI=1S/C17H14ClN3O2/c1-21-17(23)12-7-3-2-6-11(12)15(20-21)10-16(22)19-14-9-5-4-8-13(14)18/h2-9H,10H2,1H3,(H,19,22). The first kappa shape index (κ1) is 15.2. The van der Waals surface area contributed by atoms with Gasteiger partial charge in [0, 0.05) is 12.4 Å². The van der Waals surface area contributed by atoms with E-state index in [-0.39, 0.29) is 17.9 Å². The fraction of sp³-hybridized carbons (Fsp3) is 0.118. The number of aryl methyl sites for hydroxylation is 1. The van der Waals surface area contributed by atoms with Crippen LogP contribution in [0, 0.1) is 0 Å². The number of benzene rings is 2. The zero-order valence-corrected chi connectivity index (χ0v) is 13.2. The van der Waals surface area contributed by atoms with Crippen molar-refractivity contribution in [3.63, 3.8) is 0 Å². The second-order valence-electron chi connectivity index (χ2n) is 5.13. The molecule has 3 rings (SSSR count). The van der Waals surface area contributed by atoms with Gasteiger partial charge in [-0.1, -0.05) is 41.9 Å². The predicted molar refractivity (Wildman–Crippen MR) is 90.8 cm³/mol. The van der Waals surface area contributed by atoms with Crippen molar-refractivity contribution in [3.05, 3.63) is 69.6 Å². The van der Waals surface area contributed by atoms with Crippen molar-refractivity contribution < 1.29 is 4.79 Å². The molecular weight excluding hydrogens is 314 g/mol. The van der Waals surface area contributed by atoms with Gasteiger partial charge in [0.1, 0.15) is 0 Å². The molecule has 5 nitrogen and oxygen atoms in total. The van der Waals surface area contributed by atoms with Crippen LogP contribution in [0.1, 0.15) is 5.69 Å². The van der Waals surface area contributed by atoms with Crippen molar-refractivity contribution in [1.82, 2.24) is 9.78 Å². The van der Waals surface area contributed by atoms with E-state index in [9.17, 15) is 9.59 Å². The molecule has 1 N–H and O–H groups in total. The van der Waals surface area contributed by atoms with Gasteiger partial charge in [0.2, 0.25) is 5.91 Å². The Balaban J connectivity index is 1.93. The van der Waals surface area contributed by atoms with E-state index in [1.54, 1.807) is 49.5 Å². The highest BCUT2D eigenvalue weighted by Gasteiger charge is 2.13. The fourth-order valence-electron chi connectivity index (χ4n) is 2.42. The number of rotatable bonds is 3. The number of halogens is 1. The highest BCUT2D eigenvalue weighted by molar-refractivity contribution is 6.33. The Labute approximate surface area is 137 Å². The highest BCUT2D eigenvalue weighted by atomic mass is 35.5. The molecule has 0 saturated heterocycles. The first-order valence-corrected chi connectivity index (χ1v) is 7.43. The molecule has 116 valence electrons. The van der Waals surface area contributed by atoms with E-state index >= 15 is 0 Å². The van der Waals surface area contributed by atoms with E-state index in [1.807, 2.05) is 6.07 Å². The van der Waals surface area contributed by atoms with Gasteiger partial charge in [-0.3, -0.25) is 9.59 Å². The summed E-state index contributed by atoms with van der Waals surface area (Å²) < 4.78 is 1.25. The molecule has 1 amide bonds. The van der Waals surface area contributed by atoms with Gasteiger partial charge in [-0.05, 0) is 18.2 Å². The van der Waals surface area contributed by atoms with E-state index in [0.717, 1.165) is 0 Å². The molecule has 0 bridgehead atoms. The summed E-state index contributed by atoms with van der Waals surface area (Å²) in [6, 6.07) is 14.2. The molecule has 0 aliphatic carbocycles. The average molecular weight is 328 g/mol. The minimum atomic E-state index is -0.241. The zero-order chi connectivity index (χ0) is 16.4. The van der Waals surface area contributed by atoms with Crippen molar-refractivity contribution in [3.8, 4) is 0 Å². The number of hydrogen-bond acceptors (Lipinski definition) is 3. The average Bonchev–Trinajstić information content (AvgIpc) is 2.54. The molecule has 2 aromatic carbocycles. The summed E-state index contributed by atoms with van der Waals surface area (Å²) in [7, 11) is 1.57. The summed E-state index contributed by atoms with van der Waals surface area (Å²) >= 11 is 6.04. The van der Waals surface area contributed by atoms with Crippen LogP contribution in [-0.4, -0.2) is 15.7 Å². The predicted octanol–water partition coefficient (Wildman–Crippen LogP) is 2.77. The molecule has 1 heterocycles. The topological polar surface area (TPSA) is 64.0 Å². The lowest BCUT2D eigenvalue weighted by Crippen LogP contribution is -2.24. The number of hydrogen-bond donors (Lipinski definition) is 1. The molecule has 3 aromatic rings. The van der Waals surface area contributed by atoms with Crippen LogP contribution in [0.25, 0.3) is 10.8 Å². The van der Waals surface area contributed by atoms with Gasteiger partial charge in [-0.2, -0.15) is 5.10 Å². The number of aromatic nitrogens is 2. The van der Waals surface area contributed by atoms with Crippen LogP contribution in [0.2, 0.25) is 5.02 Å². The van der Waals surface area contributed by atoms with E-state index in [4.69, 9.17) is 11.6 Å². The molecule has 1 aromatic heterocycles. The van der Waals surface area contributed by atoms with Crippen LogP contribution < -0.4 is 10.9 Å². The summed E-state index contributed by atoms with van der Waals surface area (Å²) in [4.78, 5) is 24.4. The van der Waals surface area contributed by atoms with Crippen molar-refractivity contribution in [2.45, 2.75) is 6.42 Å². The quantitative estimate of drug-likeness (QED) is 0.804. The van der Waals surface area contributed by atoms with Gasteiger partial charge in [-0.15, -0.1) is 0 Å². The molecule has 0 aliphatic heterocycles. The fourth-order valence-corrected chi connectivity index (χ4v) is 2.60. The molecule has 0 aliphatic rings. The minimum Gasteiger partial charge on any atom is -0.324 e. The third kappa shape index (κ3) is 3.10. The number of fused-ring (bicyclic) bond motifs is 1. The van der Waals surface area contributed by atoms with E-state index in [2.05, 4.69) is 10.4 Å². The summed E-state index contributed by atoms with van der Waals surface area (Å²) in [6.45, 7) is 0. The van der Waals surface area contributed by atoms with Crippen LogP contribution >= 0.6 is 11.6 Å². The molecule has 6 heteroatoms. The molecule has 0 atom stereocenters. The van der Waals surface area contributed by atoms with Crippen molar-refractivity contribution >= 4 is 34.0 Å². The van der Waals surface area contributed by atoms with Crippen LogP contribution in [-0.2, 0) is 18.3 Å². The lowest BCUT2D eigenvalue weighted by Gasteiger charge is -2.09. The Bertz CT molecular complexity index is 950. The highest BCUT2D eigenvalue weighted by Crippen LogP contribution is 2.21. The number of para-hydroxylation sites is 1. The number of nitrogens with one attached hydrogen (secondary N) is 1. The van der Waals surface area contributed by atoms with Crippen molar-refractivity contribution in [1.29, 1.82) is 0 Å². The Hall–Kier alpha value is -2.66. The first-order chi connectivity index (χ1) is 11.1. The summed E-state index contributed by atoms with van der Waals surface area (Å²) in [5.74, 6) is -0.241. The zero-order valence-electron chi connectivity index (χ0n) is 12.4. The third-order valence-electron chi connectivity index (χ3n) is 3.51. The van der Waals surface area contributed by atoms with Gasteiger partial charge in [0.25, 0.3) is 5.56 Å². The van der Waals surface area contributed by atoms with Crippen molar-refractivity contribution in [2.75, 3.05) is 5.32 Å². The van der Waals surface area contributed by atoms with Crippen LogP contribution in [0.5, 0.6) is 0 Å². The van der Waals surface area contributed by atoms with E-state index < -0.39 is 0 Å². The van der Waals surface area contributed by atoms with Gasteiger partial charge in [0.15, 0.2) is 0 Å². The molecule has 0 saturated carbocycles. The van der Waals surface area contributed by atoms with Crippen LogP contribution in [0.4, 0.5) is 5.69 Å². The maximum atomic E-state index is 12.3. The first-order valence-electron chi connectivity index (χ1n) is 7.05. The number of amides is 1. The maximum Gasteiger partial charge on any atom is 0.274 e. The van der Waals surface area contributed by atoms with Crippen LogP contribution in [0.3, 0.4) is 0 Å². The molecule has 0 radical (unpaired) electrons. The van der Waals surface area contributed by atoms with Crippen LogP contribution in [0.15, 0.2) is 53.3 Å². The van der Waals surface area contributed by atoms with E-state index in [1.165, 1.54) is 4.68 Å². The molecule has 0 fully saturated rings. The summed E-state index contributed by atoms with van der Waals surface area (Å²) in [5, 5.41) is 8.68. The van der Waals surface area contributed by atoms with Gasteiger partial charge < -0.3 is 5.32 Å². The number of carbonyl (C=O) groups is 1. The number of anilines is 1. The third-order valence-corrected chi connectivity index (χ3v) is 3.84. The molecule has 23 heavy (non-hydrogen) atoms. The molecular formula is C17H14ClN3O2. The minimum absolute atomic E-state index is 0.0554. The number of nitrogens with zero attached hydrogens (tertiary/aromatic N) is 2. The Kier molecular flexibility index (Phi) is 4.12. The van der Waals surface area contributed by atoms with Crippen molar-refractivity contribution in [2.24, 2.45) is 7.05 Å². The normalized spacial score (nSPS) is 10.7. The van der Waals surface area contributed by atoms with E-state index in [0.29, 0.717) is 27.2 Å². The smallest absolute Gasteiger partial charge is 0.274 e. The largest absolute Gasteiger partial charge is 0.324 e. The number of carbonyl (C=O) groups excluding carboxylic acids is 1. The maximum absolute atomic E-state index is 12.3. The molecule has 0 spiro atoms. The Morgan fingerprint density at radius 2 is 1.78 bits per heavy atom. The van der Waals surface area contributed by atoms with Gasteiger partial charge in [0.05, 0.1) is 28.2 Å². The van der Waals surface area contributed by atoms with Gasteiger partial charge >= 0.3 is 0 Å². The second-order valence-corrected chi connectivity index (χ2v) is 5.53. The lowest BCUT2D eigenvalue weighted by atomic mass is 10.1. The Morgan fingerprint density at radius 3 is 2.52 bits per heavy atom. The SMILES string of the molecule is Cn1nc(CC(=O)Nc2ccccc2Cl)c2ccccc2c1=O. The monoisotopic (exact) mass is 327 g/mol. The lowest BCUT2D eigenvalue weighted by molar-refractivity contribution is -0.115. The Morgan fingerprint density at radius 1 is 1.13 bits per heavy atom.